The van der Waals surface area contributed by atoms with Crippen LogP contribution in [0.3, 0.4) is 0 Å². The summed E-state index contributed by atoms with van der Waals surface area (Å²) in [5, 5.41) is 3.14. The number of methoxy groups -OCH3 is 1. The lowest BCUT2D eigenvalue weighted by Gasteiger charge is -2.13. The molecule has 0 spiro atoms. The van der Waals surface area contributed by atoms with Crippen molar-refractivity contribution < 1.29 is 18.3 Å². The number of alkyl halides is 2. The third kappa shape index (κ3) is 4.12. The minimum Gasteiger partial charge on any atom is -0.493 e. The zero-order chi connectivity index (χ0) is 12.8. The minimum atomic E-state index is -2.88. The fourth-order valence-corrected chi connectivity index (χ4v) is 1.93. The smallest absolute Gasteiger partial charge is 0.387 e. The second kappa shape index (κ2) is 6.76. The SMILES string of the molecule is CCNCc1cc(Br)c(OC(F)F)c(OC)c1. The van der Waals surface area contributed by atoms with E-state index in [9.17, 15) is 8.78 Å². The normalized spacial score (nSPS) is 10.7. The largest absolute Gasteiger partial charge is 0.493 e. The number of hydrogen-bond donors (Lipinski definition) is 1. The van der Waals surface area contributed by atoms with Gasteiger partial charge in [0.05, 0.1) is 11.6 Å². The van der Waals surface area contributed by atoms with E-state index in [1.54, 1.807) is 12.1 Å². The van der Waals surface area contributed by atoms with Gasteiger partial charge in [-0.05, 0) is 40.2 Å². The molecule has 0 unspecified atom stereocenters. The van der Waals surface area contributed by atoms with Gasteiger partial charge in [-0.1, -0.05) is 6.92 Å². The molecule has 1 rings (SSSR count). The predicted octanol–water partition coefficient (Wildman–Crippen LogP) is 3.17. The summed E-state index contributed by atoms with van der Waals surface area (Å²) < 4.78 is 34.3. The van der Waals surface area contributed by atoms with E-state index in [0.717, 1.165) is 12.1 Å². The molecule has 17 heavy (non-hydrogen) atoms. The van der Waals surface area contributed by atoms with Gasteiger partial charge < -0.3 is 14.8 Å². The van der Waals surface area contributed by atoms with Crippen LogP contribution < -0.4 is 14.8 Å². The Labute approximate surface area is 107 Å². The highest BCUT2D eigenvalue weighted by atomic mass is 79.9. The highest BCUT2D eigenvalue weighted by Gasteiger charge is 2.15. The molecular weight excluding hydrogens is 296 g/mol. The van der Waals surface area contributed by atoms with E-state index in [0.29, 0.717) is 11.0 Å². The molecule has 6 heteroatoms. The van der Waals surface area contributed by atoms with Crippen molar-refractivity contribution in [3.63, 3.8) is 0 Å². The zero-order valence-electron chi connectivity index (χ0n) is 9.60. The maximum Gasteiger partial charge on any atom is 0.387 e. The molecule has 0 radical (unpaired) electrons. The van der Waals surface area contributed by atoms with Gasteiger partial charge in [0.2, 0.25) is 0 Å². The maximum absolute atomic E-state index is 12.2. The molecule has 3 nitrogen and oxygen atoms in total. The first-order valence-electron chi connectivity index (χ1n) is 5.10. The first kappa shape index (κ1) is 14.2. The Morgan fingerprint density at radius 2 is 2.12 bits per heavy atom. The molecule has 0 saturated heterocycles. The van der Waals surface area contributed by atoms with Crippen LogP contribution in [0.4, 0.5) is 8.78 Å². The third-order valence-electron chi connectivity index (χ3n) is 2.08. The van der Waals surface area contributed by atoms with Crippen molar-refractivity contribution in [2.24, 2.45) is 0 Å². The van der Waals surface area contributed by atoms with Crippen molar-refractivity contribution in [1.29, 1.82) is 0 Å². The van der Waals surface area contributed by atoms with Gasteiger partial charge in [0.1, 0.15) is 0 Å². The van der Waals surface area contributed by atoms with Crippen molar-refractivity contribution in [3.05, 3.63) is 22.2 Å². The Kier molecular flexibility index (Phi) is 5.64. The first-order valence-corrected chi connectivity index (χ1v) is 5.89. The first-order chi connectivity index (χ1) is 8.08. The van der Waals surface area contributed by atoms with Crippen LogP contribution in [0.2, 0.25) is 0 Å². The lowest BCUT2D eigenvalue weighted by Crippen LogP contribution is -2.12. The van der Waals surface area contributed by atoms with Gasteiger partial charge in [-0.2, -0.15) is 8.78 Å². The summed E-state index contributed by atoms with van der Waals surface area (Å²) in [6, 6.07) is 3.40. The molecule has 0 heterocycles. The zero-order valence-corrected chi connectivity index (χ0v) is 11.2. The molecule has 1 N–H and O–H groups in total. The Balaban J connectivity index is 2.98. The third-order valence-corrected chi connectivity index (χ3v) is 2.66. The Hall–Kier alpha value is -0.880. The van der Waals surface area contributed by atoms with Gasteiger partial charge in [-0.15, -0.1) is 0 Å². The van der Waals surface area contributed by atoms with Crippen molar-refractivity contribution in [2.45, 2.75) is 20.1 Å². The van der Waals surface area contributed by atoms with Crippen LogP contribution >= 0.6 is 15.9 Å². The second-order valence-corrected chi connectivity index (χ2v) is 4.12. The Morgan fingerprint density at radius 1 is 1.41 bits per heavy atom. The lowest BCUT2D eigenvalue weighted by molar-refractivity contribution is -0.0517. The van der Waals surface area contributed by atoms with Gasteiger partial charge in [0.15, 0.2) is 11.5 Å². The van der Waals surface area contributed by atoms with E-state index in [1.807, 2.05) is 6.92 Å². The molecule has 0 aliphatic rings. The maximum atomic E-state index is 12.2. The van der Waals surface area contributed by atoms with E-state index < -0.39 is 6.61 Å². The highest BCUT2D eigenvalue weighted by Crippen LogP contribution is 2.37. The van der Waals surface area contributed by atoms with E-state index in [-0.39, 0.29) is 11.5 Å². The molecule has 0 aromatic heterocycles. The monoisotopic (exact) mass is 309 g/mol. The number of hydrogen-bond acceptors (Lipinski definition) is 3. The molecule has 96 valence electrons. The number of nitrogens with one attached hydrogen (secondary N) is 1. The van der Waals surface area contributed by atoms with Crippen LogP contribution in [0.1, 0.15) is 12.5 Å². The topological polar surface area (TPSA) is 30.5 Å². The standard InChI is InChI=1S/C11H14BrF2NO2/c1-3-15-6-7-4-8(12)10(17-11(13)14)9(5-7)16-2/h4-5,11,15H,3,6H2,1-2H3. The van der Waals surface area contributed by atoms with Gasteiger partial charge in [-0.25, -0.2) is 0 Å². The second-order valence-electron chi connectivity index (χ2n) is 3.27. The van der Waals surface area contributed by atoms with Gasteiger partial charge in [0, 0.05) is 6.54 Å². The molecule has 1 aromatic rings. The van der Waals surface area contributed by atoms with Crippen LogP contribution in [-0.2, 0) is 6.54 Å². The molecule has 0 aliphatic heterocycles. The quantitative estimate of drug-likeness (QED) is 0.875. The minimum absolute atomic E-state index is 0.0164. The van der Waals surface area contributed by atoms with Crippen molar-refractivity contribution >= 4 is 15.9 Å². The number of benzene rings is 1. The summed E-state index contributed by atoms with van der Waals surface area (Å²) >= 11 is 3.19. The summed E-state index contributed by atoms with van der Waals surface area (Å²) in [6.07, 6.45) is 0. The van der Waals surface area contributed by atoms with Crippen molar-refractivity contribution in [2.75, 3.05) is 13.7 Å². The average molecular weight is 310 g/mol. The molecule has 0 atom stereocenters. The summed E-state index contributed by atoms with van der Waals surface area (Å²) in [5.74, 6) is 0.301. The van der Waals surface area contributed by atoms with Crippen molar-refractivity contribution in [1.82, 2.24) is 5.32 Å². The fourth-order valence-electron chi connectivity index (χ4n) is 1.35. The fraction of sp³-hybridized carbons (Fsp3) is 0.455. The number of rotatable bonds is 6. The Bertz CT molecular complexity index is 375. The lowest BCUT2D eigenvalue weighted by atomic mass is 10.2. The summed E-state index contributed by atoms with van der Waals surface area (Å²) in [7, 11) is 1.41. The molecule has 0 aliphatic carbocycles. The van der Waals surface area contributed by atoms with E-state index in [1.165, 1.54) is 7.11 Å². The predicted molar refractivity (Wildman–Crippen MR) is 64.7 cm³/mol. The van der Waals surface area contributed by atoms with Crippen LogP contribution in [0, 0.1) is 0 Å². The Morgan fingerprint density at radius 3 is 2.65 bits per heavy atom. The molecule has 0 saturated carbocycles. The summed E-state index contributed by atoms with van der Waals surface area (Å²) in [6.45, 7) is 0.579. The molecule has 1 aromatic carbocycles. The average Bonchev–Trinajstić information content (AvgIpc) is 2.28. The number of halogens is 3. The van der Waals surface area contributed by atoms with E-state index >= 15 is 0 Å². The molecule has 0 amide bonds. The van der Waals surface area contributed by atoms with E-state index in [2.05, 4.69) is 26.0 Å². The van der Waals surface area contributed by atoms with Crippen molar-refractivity contribution in [3.8, 4) is 11.5 Å². The van der Waals surface area contributed by atoms with Gasteiger partial charge in [-0.3, -0.25) is 0 Å². The van der Waals surface area contributed by atoms with Crippen LogP contribution in [0.15, 0.2) is 16.6 Å². The van der Waals surface area contributed by atoms with Crippen LogP contribution in [0.25, 0.3) is 0 Å². The van der Waals surface area contributed by atoms with Gasteiger partial charge >= 0.3 is 6.61 Å². The summed E-state index contributed by atoms with van der Waals surface area (Å²) in [4.78, 5) is 0. The summed E-state index contributed by atoms with van der Waals surface area (Å²) in [5.41, 5.74) is 0.928. The van der Waals surface area contributed by atoms with Crippen LogP contribution in [0.5, 0.6) is 11.5 Å². The van der Waals surface area contributed by atoms with Gasteiger partial charge in [0.25, 0.3) is 0 Å². The highest BCUT2D eigenvalue weighted by molar-refractivity contribution is 9.10. The van der Waals surface area contributed by atoms with Crippen LogP contribution in [-0.4, -0.2) is 20.3 Å². The molecule has 0 bridgehead atoms. The molecular formula is C11H14BrF2NO2. The molecule has 0 fully saturated rings. The number of ether oxygens (including phenoxy) is 2. The van der Waals surface area contributed by atoms with E-state index in [4.69, 9.17) is 4.74 Å².